The lowest BCUT2D eigenvalue weighted by atomic mass is 9.82. The van der Waals surface area contributed by atoms with Crippen LogP contribution in [-0.2, 0) is 4.79 Å². The lowest BCUT2D eigenvalue weighted by Gasteiger charge is -2.32. The van der Waals surface area contributed by atoms with E-state index in [2.05, 4.69) is 10.6 Å². The number of carbonyl (C=O) groups excluding carboxylic acids is 1. The molecule has 1 saturated heterocycles. The summed E-state index contributed by atoms with van der Waals surface area (Å²) in [5, 5.41) is 6.68. The van der Waals surface area contributed by atoms with E-state index in [4.69, 9.17) is 0 Å². The molecule has 2 saturated carbocycles. The number of amides is 1. The Labute approximate surface area is 110 Å². The van der Waals surface area contributed by atoms with Crippen LogP contribution < -0.4 is 10.6 Å². The minimum absolute atomic E-state index is 0.0791. The quantitative estimate of drug-likeness (QED) is 0.806. The summed E-state index contributed by atoms with van der Waals surface area (Å²) in [5.41, 5.74) is 0. The number of hydrogen-bond acceptors (Lipinski definition) is 2. The van der Waals surface area contributed by atoms with E-state index in [1.54, 1.807) is 0 Å². The number of rotatable bonds is 3. The molecule has 2 aliphatic carbocycles. The van der Waals surface area contributed by atoms with Crippen molar-refractivity contribution in [2.24, 2.45) is 11.8 Å². The van der Waals surface area contributed by atoms with Gasteiger partial charge in [-0.15, -0.1) is 0 Å². The third kappa shape index (κ3) is 3.05. The normalized spacial score (nSPS) is 38.0. The number of nitrogens with one attached hydrogen (secondary N) is 2. The molecular weight excluding hydrogens is 224 g/mol. The highest BCUT2D eigenvalue weighted by Gasteiger charge is 2.35. The van der Waals surface area contributed by atoms with E-state index in [-0.39, 0.29) is 11.9 Å². The molecule has 3 unspecified atom stereocenters. The fourth-order valence-electron chi connectivity index (χ4n) is 3.76. The maximum atomic E-state index is 11.9. The van der Waals surface area contributed by atoms with Crippen molar-refractivity contribution in [3.05, 3.63) is 0 Å². The van der Waals surface area contributed by atoms with Gasteiger partial charge >= 0.3 is 0 Å². The van der Waals surface area contributed by atoms with Crippen LogP contribution in [0.15, 0.2) is 0 Å². The minimum Gasteiger partial charge on any atom is -0.355 e. The van der Waals surface area contributed by atoms with Gasteiger partial charge in [0.2, 0.25) is 5.91 Å². The summed E-state index contributed by atoms with van der Waals surface area (Å²) in [6, 6.07) is 0.675. The van der Waals surface area contributed by atoms with Crippen LogP contribution in [0.5, 0.6) is 0 Å². The zero-order valence-corrected chi connectivity index (χ0v) is 11.3. The van der Waals surface area contributed by atoms with Crippen molar-refractivity contribution in [1.29, 1.82) is 0 Å². The van der Waals surface area contributed by atoms with Gasteiger partial charge in [0.25, 0.3) is 0 Å². The van der Waals surface area contributed by atoms with Crippen LogP contribution >= 0.6 is 0 Å². The minimum atomic E-state index is 0.0791. The molecule has 1 amide bonds. The summed E-state index contributed by atoms with van der Waals surface area (Å²) in [7, 11) is 0. The lowest BCUT2D eigenvalue weighted by molar-refractivity contribution is -0.123. The summed E-state index contributed by atoms with van der Waals surface area (Å²) in [4.78, 5) is 11.9. The molecule has 0 spiro atoms. The van der Waals surface area contributed by atoms with Gasteiger partial charge in [0.15, 0.2) is 0 Å². The predicted molar refractivity (Wildman–Crippen MR) is 72.3 cm³/mol. The Morgan fingerprint density at radius 1 is 0.944 bits per heavy atom. The molecule has 3 fully saturated rings. The Morgan fingerprint density at radius 3 is 2.67 bits per heavy atom. The zero-order chi connectivity index (χ0) is 12.4. The number of hydrogen-bond donors (Lipinski definition) is 2. The highest BCUT2D eigenvalue weighted by molar-refractivity contribution is 5.81. The van der Waals surface area contributed by atoms with Gasteiger partial charge in [-0.05, 0) is 56.8 Å². The van der Waals surface area contributed by atoms with Crippen LogP contribution in [0.4, 0.5) is 0 Å². The summed E-state index contributed by atoms with van der Waals surface area (Å²) in [6.07, 6.45) is 11.6. The Hall–Kier alpha value is -0.570. The van der Waals surface area contributed by atoms with Crippen LogP contribution in [0.25, 0.3) is 0 Å². The summed E-state index contributed by atoms with van der Waals surface area (Å²) >= 11 is 0. The van der Waals surface area contributed by atoms with Crippen molar-refractivity contribution in [2.45, 2.75) is 69.9 Å². The van der Waals surface area contributed by atoms with E-state index in [1.807, 2.05) is 0 Å². The lowest BCUT2D eigenvalue weighted by Crippen LogP contribution is -2.48. The molecule has 0 aromatic heterocycles. The fraction of sp³-hybridized carbons (Fsp3) is 0.933. The molecule has 1 heterocycles. The van der Waals surface area contributed by atoms with Gasteiger partial charge in [0, 0.05) is 12.6 Å². The summed E-state index contributed by atoms with van der Waals surface area (Å²) in [5.74, 6) is 2.21. The molecule has 0 radical (unpaired) electrons. The first-order valence-electron chi connectivity index (χ1n) is 7.86. The van der Waals surface area contributed by atoms with Crippen molar-refractivity contribution in [1.82, 2.24) is 10.6 Å². The molecule has 0 aromatic carbocycles. The van der Waals surface area contributed by atoms with Crippen LogP contribution in [0, 0.1) is 11.8 Å². The largest absolute Gasteiger partial charge is 0.355 e. The maximum absolute atomic E-state index is 11.9. The molecule has 0 aromatic rings. The molecule has 3 nitrogen and oxygen atoms in total. The molecule has 1 aliphatic heterocycles. The Balaban J connectivity index is 1.52. The first-order chi connectivity index (χ1) is 8.83. The van der Waals surface area contributed by atoms with Gasteiger partial charge in [-0.3, -0.25) is 4.79 Å². The maximum Gasteiger partial charge on any atom is 0.237 e. The van der Waals surface area contributed by atoms with Crippen molar-refractivity contribution < 1.29 is 4.79 Å². The zero-order valence-electron chi connectivity index (χ0n) is 11.3. The smallest absolute Gasteiger partial charge is 0.237 e. The van der Waals surface area contributed by atoms with Gasteiger partial charge in [0.1, 0.15) is 0 Å². The molecule has 0 bridgehead atoms. The van der Waals surface area contributed by atoms with E-state index in [0.717, 1.165) is 31.2 Å². The fourth-order valence-corrected chi connectivity index (χ4v) is 3.76. The van der Waals surface area contributed by atoms with E-state index in [0.29, 0.717) is 6.04 Å². The average molecular weight is 250 g/mol. The highest BCUT2D eigenvalue weighted by Crippen LogP contribution is 2.43. The van der Waals surface area contributed by atoms with E-state index in [9.17, 15) is 4.79 Å². The topological polar surface area (TPSA) is 41.1 Å². The molecular formula is C15H26N2O. The van der Waals surface area contributed by atoms with Crippen molar-refractivity contribution in [2.75, 3.05) is 6.54 Å². The van der Waals surface area contributed by atoms with Crippen molar-refractivity contribution in [3.63, 3.8) is 0 Å². The Morgan fingerprint density at radius 2 is 1.83 bits per heavy atom. The Kier molecular flexibility index (Phi) is 3.88. The second-order valence-corrected chi connectivity index (χ2v) is 6.47. The molecule has 3 aliphatic rings. The second-order valence-electron chi connectivity index (χ2n) is 6.47. The Bertz CT molecular complexity index is 301. The predicted octanol–water partition coefficient (Wildman–Crippen LogP) is 2.21. The molecule has 3 heteroatoms. The standard InChI is InChI=1S/C15H26N2O/c18-15-14(6-1-2-9-16-15)17-13-5-3-4-12(10-13)11-7-8-11/h11-14,17H,1-10H2,(H,16,18). The summed E-state index contributed by atoms with van der Waals surface area (Å²) < 4.78 is 0. The first kappa shape index (κ1) is 12.5. The monoisotopic (exact) mass is 250 g/mol. The molecule has 3 rings (SSSR count). The number of carbonyl (C=O) groups is 1. The van der Waals surface area contributed by atoms with Crippen LogP contribution in [0.1, 0.15) is 57.8 Å². The average Bonchev–Trinajstić information content (AvgIpc) is 3.20. The molecule has 102 valence electrons. The van der Waals surface area contributed by atoms with Gasteiger partial charge in [-0.25, -0.2) is 0 Å². The van der Waals surface area contributed by atoms with E-state index in [1.165, 1.54) is 44.9 Å². The van der Waals surface area contributed by atoms with E-state index < -0.39 is 0 Å². The van der Waals surface area contributed by atoms with Gasteiger partial charge in [-0.1, -0.05) is 12.8 Å². The highest BCUT2D eigenvalue weighted by atomic mass is 16.2. The molecule has 18 heavy (non-hydrogen) atoms. The van der Waals surface area contributed by atoms with Crippen LogP contribution in [0.2, 0.25) is 0 Å². The van der Waals surface area contributed by atoms with Crippen molar-refractivity contribution >= 4 is 5.91 Å². The van der Waals surface area contributed by atoms with Gasteiger partial charge < -0.3 is 10.6 Å². The summed E-state index contributed by atoms with van der Waals surface area (Å²) in [6.45, 7) is 0.867. The van der Waals surface area contributed by atoms with Crippen LogP contribution in [-0.4, -0.2) is 24.5 Å². The van der Waals surface area contributed by atoms with E-state index >= 15 is 0 Å². The third-order valence-corrected chi connectivity index (χ3v) is 4.98. The van der Waals surface area contributed by atoms with Gasteiger partial charge in [0.05, 0.1) is 6.04 Å². The third-order valence-electron chi connectivity index (χ3n) is 4.98. The second kappa shape index (κ2) is 5.60. The first-order valence-corrected chi connectivity index (χ1v) is 7.86. The molecule has 2 N–H and O–H groups in total. The SMILES string of the molecule is O=C1NCCCCC1NC1CCCC(C2CC2)C1. The van der Waals surface area contributed by atoms with Crippen LogP contribution in [0.3, 0.4) is 0 Å². The van der Waals surface area contributed by atoms with Gasteiger partial charge in [-0.2, -0.15) is 0 Å². The van der Waals surface area contributed by atoms with Crippen molar-refractivity contribution in [3.8, 4) is 0 Å². The molecule has 3 atom stereocenters.